The molecule has 0 aromatic heterocycles. The lowest BCUT2D eigenvalue weighted by Crippen LogP contribution is -2.42. The topological polar surface area (TPSA) is 46.2 Å². The van der Waals surface area contributed by atoms with E-state index in [9.17, 15) is 0 Å². The van der Waals surface area contributed by atoms with Gasteiger partial charge in [0.1, 0.15) is 0 Å². The van der Waals surface area contributed by atoms with Crippen LogP contribution in [0.1, 0.15) is 37.8 Å². The average molecular weight is 207 g/mol. The van der Waals surface area contributed by atoms with Crippen LogP contribution in [0.15, 0.2) is 24.3 Å². The van der Waals surface area contributed by atoms with E-state index in [4.69, 9.17) is 10.8 Å². The van der Waals surface area contributed by atoms with Gasteiger partial charge < -0.3 is 10.8 Å². The van der Waals surface area contributed by atoms with E-state index in [0.717, 1.165) is 0 Å². The van der Waals surface area contributed by atoms with Gasteiger partial charge in [-0.1, -0.05) is 38.1 Å². The van der Waals surface area contributed by atoms with Crippen LogP contribution in [0.4, 0.5) is 0 Å². The Morgan fingerprint density at radius 2 is 1.80 bits per heavy atom. The molecule has 0 aliphatic rings. The first-order valence-corrected chi connectivity index (χ1v) is 5.43. The van der Waals surface area contributed by atoms with Gasteiger partial charge in [-0.3, -0.25) is 0 Å². The minimum Gasteiger partial charge on any atom is -0.394 e. The summed E-state index contributed by atoms with van der Waals surface area (Å²) < 4.78 is 0. The second-order valence-electron chi connectivity index (χ2n) is 4.89. The summed E-state index contributed by atoms with van der Waals surface area (Å²) in [6, 6.07) is 8.45. The van der Waals surface area contributed by atoms with Gasteiger partial charge in [0.05, 0.1) is 6.61 Å². The van der Waals surface area contributed by atoms with E-state index >= 15 is 0 Å². The first-order chi connectivity index (χ1) is 6.94. The molecule has 0 amide bonds. The molecule has 2 heteroatoms. The Labute approximate surface area is 92.1 Å². The first-order valence-electron chi connectivity index (χ1n) is 5.43. The van der Waals surface area contributed by atoms with Crippen LogP contribution in [0.25, 0.3) is 0 Å². The van der Waals surface area contributed by atoms with Crippen molar-refractivity contribution in [2.75, 3.05) is 6.61 Å². The molecule has 1 unspecified atom stereocenters. The zero-order valence-corrected chi connectivity index (χ0v) is 9.83. The first kappa shape index (κ1) is 12.2. The molecule has 2 nitrogen and oxygen atoms in total. The average Bonchev–Trinajstić information content (AvgIpc) is 2.18. The molecule has 0 saturated heterocycles. The number of nitrogens with two attached hydrogens (primary N) is 1. The maximum atomic E-state index is 9.07. The Hall–Kier alpha value is -0.860. The molecule has 0 spiro atoms. The molecule has 0 radical (unpaired) electrons. The zero-order valence-electron chi connectivity index (χ0n) is 9.83. The lowest BCUT2D eigenvalue weighted by Gasteiger charge is -2.21. The zero-order chi connectivity index (χ0) is 11.5. The Morgan fingerprint density at radius 3 is 2.20 bits per heavy atom. The summed E-state index contributed by atoms with van der Waals surface area (Å²) in [7, 11) is 0. The fourth-order valence-corrected chi connectivity index (χ4v) is 1.54. The van der Waals surface area contributed by atoms with Gasteiger partial charge in [0.15, 0.2) is 0 Å². The Bertz CT molecular complexity index is 301. The number of hydrogen-bond donors (Lipinski definition) is 2. The van der Waals surface area contributed by atoms with E-state index in [1.54, 1.807) is 0 Å². The molecule has 0 aliphatic carbocycles. The van der Waals surface area contributed by atoms with E-state index in [-0.39, 0.29) is 6.61 Å². The van der Waals surface area contributed by atoms with Crippen LogP contribution in [-0.4, -0.2) is 17.3 Å². The highest BCUT2D eigenvalue weighted by Crippen LogP contribution is 2.17. The summed E-state index contributed by atoms with van der Waals surface area (Å²) in [5.41, 5.74) is 7.90. The maximum Gasteiger partial charge on any atom is 0.0611 e. The monoisotopic (exact) mass is 207 g/mol. The summed E-state index contributed by atoms with van der Waals surface area (Å²) in [6.07, 6.45) is 0.710. The molecule has 1 aromatic rings. The summed E-state index contributed by atoms with van der Waals surface area (Å²) in [4.78, 5) is 0. The fraction of sp³-hybridized carbons (Fsp3) is 0.538. The van der Waals surface area contributed by atoms with Gasteiger partial charge in [-0.25, -0.2) is 0 Å². The van der Waals surface area contributed by atoms with Crippen molar-refractivity contribution in [3.63, 3.8) is 0 Å². The number of hydrogen-bond acceptors (Lipinski definition) is 2. The lowest BCUT2D eigenvalue weighted by molar-refractivity contribution is 0.208. The molecular formula is C13H21NO. The van der Waals surface area contributed by atoms with Gasteiger partial charge in [-0.05, 0) is 30.4 Å². The van der Waals surface area contributed by atoms with Crippen molar-refractivity contribution in [3.05, 3.63) is 35.4 Å². The molecule has 0 bridgehead atoms. The molecule has 1 aromatic carbocycles. The highest BCUT2D eigenvalue weighted by Gasteiger charge is 2.17. The van der Waals surface area contributed by atoms with E-state index < -0.39 is 5.54 Å². The van der Waals surface area contributed by atoms with Gasteiger partial charge in [0.25, 0.3) is 0 Å². The Morgan fingerprint density at radius 1 is 1.27 bits per heavy atom. The predicted octanol–water partition coefficient (Wildman–Crippen LogP) is 2.06. The highest BCUT2D eigenvalue weighted by atomic mass is 16.3. The predicted molar refractivity (Wildman–Crippen MR) is 63.9 cm³/mol. The Kier molecular flexibility index (Phi) is 3.89. The van der Waals surface area contributed by atoms with Crippen LogP contribution in [0.2, 0.25) is 0 Å². The van der Waals surface area contributed by atoms with Gasteiger partial charge in [-0.2, -0.15) is 0 Å². The number of aliphatic hydroxyl groups excluding tert-OH is 1. The van der Waals surface area contributed by atoms with Crippen molar-refractivity contribution in [2.45, 2.75) is 38.6 Å². The molecule has 0 saturated carbocycles. The molecule has 1 atom stereocenters. The standard InChI is InChI=1S/C13H21NO/c1-10(2)12-6-4-11(5-7-12)8-13(3,14)9-15/h4-7,10,15H,8-9,14H2,1-3H3. The second kappa shape index (κ2) is 4.77. The van der Waals surface area contributed by atoms with Crippen molar-refractivity contribution >= 4 is 0 Å². The maximum absolute atomic E-state index is 9.07. The Balaban J connectivity index is 2.73. The lowest BCUT2D eigenvalue weighted by atomic mass is 9.93. The van der Waals surface area contributed by atoms with Gasteiger partial charge in [0, 0.05) is 5.54 Å². The summed E-state index contributed by atoms with van der Waals surface area (Å²) in [5.74, 6) is 0.557. The molecule has 3 N–H and O–H groups in total. The fourth-order valence-electron chi connectivity index (χ4n) is 1.54. The summed E-state index contributed by atoms with van der Waals surface area (Å²) in [6.45, 7) is 6.23. The minimum atomic E-state index is -0.515. The third kappa shape index (κ3) is 3.65. The largest absolute Gasteiger partial charge is 0.394 e. The van der Waals surface area contributed by atoms with Crippen molar-refractivity contribution in [3.8, 4) is 0 Å². The van der Waals surface area contributed by atoms with Crippen molar-refractivity contribution in [2.24, 2.45) is 5.73 Å². The molecule has 0 fully saturated rings. The van der Waals surface area contributed by atoms with Crippen LogP contribution in [0, 0.1) is 0 Å². The van der Waals surface area contributed by atoms with Crippen molar-refractivity contribution < 1.29 is 5.11 Å². The number of benzene rings is 1. The highest BCUT2D eigenvalue weighted by molar-refractivity contribution is 5.25. The summed E-state index contributed by atoms with van der Waals surface area (Å²) in [5, 5.41) is 9.07. The van der Waals surface area contributed by atoms with Crippen LogP contribution in [-0.2, 0) is 6.42 Å². The van der Waals surface area contributed by atoms with E-state index in [1.165, 1.54) is 11.1 Å². The van der Waals surface area contributed by atoms with Crippen LogP contribution < -0.4 is 5.73 Å². The van der Waals surface area contributed by atoms with Crippen molar-refractivity contribution in [1.82, 2.24) is 0 Å². The van der Waals surface area contributed by atoms with E-state index in [0.29, 0.717) is 12.3 Å². The third-order valence-electron chi connectivity index (χ3n) is 2.62. The third-order valence-corrected chi connectivity index (χ3v) is 2.62. The normalized spacial score (nSPS) is 15.3. The van der Waals surface area contributed by atoms with E-state index in [1.807, 2.05) is 6.92 Å². The van der Waals surface area contributed by atoms with Crippen LogP contribution in [0.5, 0.6) is 0 Å². The van der Waals surface area contributed by atoms with Crippen molar-refractivity contribution in [1.29, 1.82) is 0 Å². The van der Waals surface area contributed by atoms with Gasteiger partial charge in [-0.15, -0.1) is 0 Å². The minimum absolute atomic E-state index is 0.0128. The molecule has 15 heavy (non-hydrogen) atoms. The van der Waals surface area contributed by atoms with Gasteiger partial charge in [0.2, 0.25) is 0 Å². The number of aliphatic hydroxyl groups is 1. The summed E-state index contributed by atoms with van der Waals surface area (Å²) >= 11 is 0. The van der Waals surface area contributed by atoms with Crippen LogP contribution in [0.3, 0.4) is 0 Å². The smallest absolute Gasteiger partial charge is 0.0611 e. The molecule has 84 valence electrons. The molecule has 1 rings (SSSR count). The number of rotatable bonds is 4. The quantitative estimate of drug-likeness (QED) is 0.794. The van der Waals surface area contributed by atoms with E-state index in [2.05, 4.69) is 38.1 Å². The molecule has 0 heterocycles. The molecule has 0 aliphatic heterocycles. The molecular weight excluding hydrogens is 186 g/mol. The van der Waals surface area contributed by atoms with Crippen LogP contribution >= 0.6 is 0 Å². The van der Waals surface area contributed by atoms with Gasteiger partial charge >= 0.3 is 0 Å². The SMILES string of the molecule is CC(C)c1ccc(CC(C)(N)CO)cc1. The second-order valence-corrected chi connectivity index (χ2v) is 4.89.